The number of anilines is 1. The normalized spacial score (nSPS) is 10.8. The summed E-state index contributed by atoms with van der Waals surface area (Å²) in [5.74, 6) is 1.09. The van der Waals surface area contributed by atoms with Gasteiger partial charge >= 0.3 is 0 Å². The van der Waals surface area contributed by atoms with Crippen molar-refractivity contribution >= 4 is 17.2 Å². The van der Waals surface area contributed by atoms with Crippen LogP contribution in [0, 0.1) is 13.8 Å². The zero-order chi connectivity index (χ0) is 13.4. The standard InChI is InChI=1S/C14H13N3OS/c1-8-3-5-10(6-4-8)12-13(18-17-14(12)15)11-7-16-9(2)19-11/h3-7H,1-2H3,(H2,15,17). The van der Waals surface area contributed by atoms with E-state index in [2.05, 4.69) is 10.1 Å². The molecular weight excluding hydrogens is 258 g/mol. The van der Waals surface area contributed by atoms with Crippen LogP contribution in [-0.2, 0) is 0 Å². The SMILES string of the molecule is Cc1ccc(-c2c(N)noc2-c2cnc(C)s2)cc1. The number of aromatic nitrogens is 2. The lowest BCUT2D eigenvalue weighted by molar-refractivity contribution is 0.437. The van der Waals surface area contributed by atoms with Crippen molar-refractivity contribution in [2.45, 2.75) is 13.8 Å². The molecule has 2 heterocycles. The van der Waals surface area contributed by atoms with Crippen molar-refractivity contribution in [3.8, 4) is 21.8 Å². The first-order valence-corrected chi connectivity index (χ1v) is 6.72. The maximum absolute atomic E-state index is 5.93. The molecule has 0 unspecified atom stereocenters. The number of nitrogens with zero attached hydrogens (tertiary/aromatic N) is 2. The van der Waals surface area contributed by atoms with Crippen LogP contribution >= 0.6 is 11.3 Å². The van der Waals surface area contributed by atoms with Crippen molar-refractivity contribution in [2.75, 3.05) is 5.73 Å². The summed E-state index contributed by atoms with van der Waals surface area (Å²) < 4.78 is 5.37. The Hall–Kier alpha value is -2.14. The number of hydrogen-bond donors (Lipinski definition) is 1. The summed E-state index contributed by atoms with van der Waals surface area (Å²) in [6, 6.07) is 8.14. The van der Waals surface area contributed by atoms with Crippen LogP contribution in [0.25, 0.3) is 21.8 Å². The van der Waals surface area contributed by atoms with Crippen LogP contribution in [0.3, 0.4) is 0 Å². The molecule has 0 spiro atoms. The van der Waals surface area contributed by atoms with Gasteiger partial charge in [-0.25, -0.2) is 4.98 Å². The van der Waals surface area contributed by atoms with Crippen molar-refractivity contribution in [3.63, 3.8) is 0 Å². The summed E-state index contributed by atoms with van der Waals surface area (Å²) in [6.45, 7) is 4.01. The highest BCUT2D eigenvalue weighted by Crippen LogP contribution is 2.38. The molecule has 0 aliphatic rings. The molecule has 0 aliphatic heterocycles. The molecule has 3 aromatic rings. The van der Waals surface area contributed by atoms with Crippen LogP contribution in [0.4, 0.5) is 5.82 Å². The molecule has 0 bridgehead atoms. The second kappa shape index (κ2) is 4.51. The highest BCUT2D eigenvalue weighted by atomic mass is 32.1. The van der Waals surface area contributed by atoms with Crippen LogP contribution in [0.5, 0.6) is 0 Å². The molecule has 5 heteroatoms. The topological polar surface area (TPSA) is 64.9 Å². The molecule has 0 aliphatic carbocycles. The molecule has 2 N–H and O–H groups in total. The maximum Gasteiger partial charge on any atom is 0.188 e. The van der Waals surface area contributed by atoms with E-state index in [1.807, 2.05) is 38.1 Å². The fourth-order valence-corrected chi connectivity index (χ4v) is 2.70. The zero-order valence-electron chi connectivity index (χ0n) is 10.7. The molecule has 0 amide bonds. The van der Waals surface area contributed by atoms with Gasteiger partial charge in [0.15, 0.2) is 11.6 Å². The Labute approximate surface area is 114 Å². The summed E-state index contributed by atoms with van der Waals surface area (Å²) in [5, 5.41) is 4.87. The molecule has 4 nitrogen and oxygen atoms in total. The van der Waals surface area contributed by atoms with Gasteiger partial charge in [0, 0.05) is 6.20 Å². The summed E-state index contributed by atoms with van der Waals surface area (Å²) in [6.07, 6.45) is 1.79. The zero-order valence-corrected chi connectivity index (χ0v) is 11.5. The average molecular weight is 271 g/mol. The van der Waals surface area contributed by atoms with Crippen LogP contribution < -0.4 is 5.73 Å². The van der Waals surface area contributed by atoms with E-state index in [0.29, 0.717) is 11.6 Å². The molecule has 0 atom stereocenters. The molecule has 2 aromatic heterocycles. The minimum absolute atomic E-state index is 0.407. The Kier molecular flexibility index (Phi) is 2.83. The quantitative estimate of drug-likeness (QED) is 0.772. The Balaban J connectivity index is 2.16. The highest BCUT2D eigenvalue weighted by Gasteiger charge is 2.19. The van der Waals surface area contributed by atoms with E-state index < -0.39 is 0 Å². The van der Waals surface area contributed by atoms with E-state index in [1.165, 1.54) is 5.56 Å². The Morgan fingerprint density at radius 3 is 2.53 bits per heavy atom. The number of nitrogens with two attached hydrogens (primary N) is 1. The molecule has 0 radical (unpaired) electrons. The first-order valence-electron chi connectivity index (χ1n) is 5.90. The summed E-state index contributed by atoms with van der Waals surface area (Å²) >= 11 is 1.57. The minimum atomic E-state index is 0.407. The van der Waals surface area contributed by atoms with Crippen molar-refractivity contribution in [1.82, 2.24) is 10.1 Å². The van der Waals surface area contributed by atoms with Crippen LogP contribution in [0.15, 0.2) is 35.0 Å². The Bertz CT molecular complexity index is 713. The van der Waals surface area contributed by atoms with Crippen LogP contribution in [-0.4, -0.2) is 10.1 Å². The predicted octanol–water partition coefficient (Wildman–Crippen LogP) is 3.66. The van der Waals surface area contributed by atoms with E-state index in [1.54, 1.807) is 17.5 Å². The first kappa shape index (κ1) is 11.9. The Morgan fingerprint density at radius 2 is 1.89 bits per heavy atom. The van der Waals surface area contributed by atoms with Gasteiger partial charge in [0.25, 0.3) is 0 Å². The van der Waals surface area contributed by atoms with Gasteiger partial charge < -0.3 is 10.3 Å². The number of aryl methyl sites for hydroxylation is 2. The van der Waals surface area contributed by atoms with E-state index >= 15 is 0 Å². The highest BCUT2D eigenvalue weighted by molar-refractivity contribution is 7.15. The molecular formula is C14H13N3OS. The largest absolute Gasteiger partial charge is 0.380 e. The van der Waals surface area contributed by atoms with Crippen molar-refractivity contribution in [2.24, 2.45) is 0 Å². The lowest BCUT2D eigenvalue weighted by atomic mass is 10.0. The molecule has 19 heavy (non-hydrogen) atoms. The molecule has 1 aromatic carbocycles. The van der Waals surface area contributed by atoms with Crippen molar-refractivity contribution in [3.05, 3.63) is 41.0 Å². The number of thiazole rings is 1. The predicted molar refractivity (Wildman–Crippen MR) is 76.9 cm³/mol. The number of hydrogen-bond acceptors (Lipinski definition) is 5. The smallest absolute Gasteiger partial charge is 0.188 e. The van der Waals surface area contributed by atoms with E-state index in [-0.39, 0.29) is 0 Å². The molecule has 0 saturated heterocycles. The van der Waals surface area contributed by atoms with Crippen LogP contribution in [0.2, 0.25) is 0 Å². The second-order valence-electron chi connectivity index (χ2n) is 4.38. The fraction of sp³-hybridized carbons (Fsp3) is 0.143. The van der Waals surface area contributed by atoms with Gasteiger partial charge in [-0.3, -0.25) is 0 Å². The lowest BCUT2D eigenvalue weighted by Gasteiger charge is -2.01. The average Bonchev–Trinajstić information content (AvgIpc) is 2.97. The van der Waals surface area contributed by atoms with Crippen molar-refractivity contribution < 1.29 is 4.52 Å². The third kappa shape index (κ3) is 2.13. The third-order valence-electron chi connectivity index (χ3n) is 2.90. The van der Waals surface area contributed by atoms with E-state index in [4.69, 9.17) is 10.3 Å². The summed E-state index contributed by atoms with van der Waals surface area (Å²) in [4.78, 5) is 5.18. The monoisotopic (exact) mass is 271 g/mol. The van der Waals surface area contributed by atoms with E-state index in [9.17, 15) is 0 Å². The molecule has 0 saturated carbocycles. The van der Waals surface area contributed by atoms with E-state index in [0.717, 1.165) is 21.0 Å². The van der Waals surface area contributed by atoms with Gasteiger partial charge in [0.1, 0.15) is 0 Å². The third-order valence-corrected chi connectivity index (χ3v) is 3.82. The van der Waals surface area contributed by atoms with Gasteiger partial charge in [0.2, 0.25) is 0 Å². The Morgan fingerprint density at radius 1 is 1.16 bits per heavy atom. The summed E-state index contributed by atoms with van der Waals surface area (Å²) in [7, 11) is 0. The maximum atomic E-state index is 5.93. The summed E-state index contributed by atoms with van der Waals surface area (Å²) in [5.41, 5.74) is 8.98. The lowest BCUT2D eigenvalue weighted by Crippen LogP contribution is -1.88. The van der Waals surface area contributed by atoms with Gasteiger partial charge in [-0.2, -0.15) is 0 Å². The molecule has 96 valence electrons. The number of rotatable bonds is 2. The van der Waals surface area contributed by atoms with Gasteiger partial charge in [-0.05, 0) is 19.4 Å². The van der Waals surface area contributed by atoms with Gasteiger partial charge in [-0.1, -0.05) is 35.0 Å². The van der Waals surface area contributed by atoms with Crippen molar-refractivity contribution in [1.29, 1.82) is 0 Å². The number of benzene rings is 1. The molecule has 3 rings (SSSR count). The fourth-order valence-electron chi connectivity index (χ4n) is 1.94. The second-order valence-corrected chi connectivity index (χ2v) is 5.62. The minimum Gasteiger partial charge on any atom is -0.380 e. The number of nitrogen functional groups attached to an aromatic ring is 1. The van der Waals surface area contributed by atoms with Gasteiger partial charge in [0.05, 0.1) is 15.4 Å². The molecule has 0 fully saturated rings. The van der Waals surface area contributed by atoms with Crippen LogP contribution in [0.1, 0.15) is 10.6 Å². The first-order chi connectivity index (χ1) is 9.15. The van der Waals surface area contributed by atoms with Gasteiger partial charge in [-0.15, -0.1) is 11.3 Å².